The van der Waals surface area contributed by atoms with E-state index in [4.69, 9.17) is 21.3 Å². The maximum Gasteiger partial charge on any atom is 0.266 e. The number of imide groups is 1. The Morgan fingerprint density at radius 3 is 2.54 bits per heavy atom. The highest BCUT2D eigenvalue weighted by Gasteiger charge is 2.45. The molecule has 2 aromatic heterocycles. The van der Waals surface area contributed by atoms with Gasteiger partial charge < -0.3 is 4.74 Å². The van der Waals surface area contributed by atoms with Crippen LogP contribution in [0.2, 0.25) is 5.02 Å². The maximum atomic E-state index is 15.1. The van der Waals surface area contributed by atoms with Crippen molar-refractivity contribution in [1.82, 2.24) is 19.7 Å². The van der Waals surface area contributed by atoms with E-state index in [-0.39, 0.29) is 54.1 Å². The molecule has 2 amide bonds. The summed E-state index contributed by atoms with van der Waals surface area (Å²) >= 11 is 7.79. The fourth-order valence-corrected chi connectivity index (χ4v) is 8.67. The average Bonchev–Trinajstić information content (AvgIpc) is 3.70. The highest BCUT2D eigenvalue weighted by Crippen LogP contribution is 2.40. The summed E-state index contributed by atoms with van der Waals surface area (Å²) in [6.07, 6.45) is -0.493. The number of benzene rings is 2. The number of ether oxygens (including phenoxy) is 1. The third kappa shape index (κ3) is 7.06. The van der Waals surface area contributed by atoms with Crippen molar-refractivity contribution in [3.05, 3.63) is 104 Å². The predicted molar refractivity (Wildman–Crippen MR) is 201 cm³/mol. The molecule has 1 aliphatic carbocycles. The van der Waals surface area contributed by atoms with Crippen LogP contribution in [0.3, 0.4) is 0 Å². The van der Waals surface area contributed by atoms with E-state index in [1.807, 2.05) is 37.5 Å². The van der Waals surface area contributed by atoms with Crippen LogP contribution in [0.4, 0.5) is 8.78 Å². The highest BCUT2D eigenvalue weighted by molar-refractivity contribution is 7.15. The summed E-state index contributed by atoms with van der Waals surface area (Å²) in [7, 11) is 0. The zero-order valence-corrected chi connectivity index (χ0v) is 31.7. The van der Waals surface area contributed by atoms with E-state index in [1.54, 1.807) is 23.5 Å². The number of carbonyl (C=O) groups is 4. The van der Waals surface area contributed by atoms with Gasteiger partial charge in [-0.05, 0) is 69.9 Å². The molecule has 280 valence electrons. The van der Waals surface area contributed by atoms with Gasteiger partial charge in [-0.15, -0.1) is 21.5 Å². The van der Waals surface area contributed by atoms with Crippen LogP contribution < -0.4 is 4.74 Å². The molecule has 0 N–H and O–H groups in total. The fraction of sp³-hybridized carbons (Fsp3) is 0.375. The lowest BCUT2D eigenvalue weighted by Gasteiger charge is -2.29. The number of aliphatic imine (C=N–C) groups is 1. The number of Topliss-reactive ketones (excluding diaryl/α,β-unsaturated/α-hetero) is 2. The Hall–Kier alpha value is -4.88. The molecule has 1 saturated carbocycles. The second kappa shape index (κ2) is 14.7. The minimum absolute atomic E-state index is 0.0109. The molecule has 7 rings (SSSR count). The van der Waals surface area contributed by atoms with Gasteiger partial charge in [-0.1, -0.05) is 42.0 Å². The number of rotatable bonds is 12. The SMILES string of the molecule is C=C1CCC(N2C(=O)c3cccc(OCCC(F)(F)CCCC(=O)C[C@@H]4N=C(c5ccc(Cl)cc5)c5c(sc(C)c5C)-n5c(C)nnc54)c3C2=O)C(=O)C1. The second-order valence-corrected chi connectivity index (χ2v) is 15.7. The standard InChI is InChI=1S/C40H38ClF2N5O5S/c1-21-10-15-30(31(50)19-21)48-37(51)28-8-5-9-32(34(28)38(48)52)53-18-17-40(42,43)16-6-7-27(49)20-29-36-46-45-24(4)47(36)39-33(22(2)23(3)54-39)35(44-29)25-11-13-26(41)14-12-25/h5,8-9,11-14,29-30H,1,6-7,10,15-20H2,2-4H3/t29-,30?/m0/s1. The Morgan fingerprint density at radius 2 is 1.80 bits per heavy atom. The Kier molecular flexibility index (Phi) is 10.2. The number of aromatic nitrogens is 3. The first-order valence-corrected chi connectivity index (χ1v) is 19.0. The number of halogens is 3. The predicted octanol–water partition coefficient (Wildman–Crippen LogP) is 8.31. The summed E-state index contributed by atoms with van der Waals surface area (Å²) in [5, 5.41) is 10.2. The highest BCUT2D eigenvalue weighted by atomic mass is 35.5. The van der Waals surface area contributed by atoms with Crippen molar-refractivity contribution < 1.29 is 32.7 Å². The van der Waals surface area contributed by atoms with Gasteiger partial charge in [0.25, 0.3) is 17.7 Å². The van der Waals surface area contributed by atoms with Gasteiger partial charge in [-0.2, -0.15) is 0 Å². The van der Waals surface area contributed by atoms with E-state index < -0.39 is 49.3 Å². The lowest BCUT2D eigenvalue weighted by atomic mass is 9.89. The molecule has 2 aliphatic heterocycles. The zero-order chi connectivity index (χ0) is 38.5. The number of fused-ring (bicyclic) bond motifs is 4. The molecule has 0 bridgehead atoms. The van der Waals surface area contributed by atoms with E-state index in [1.165, 1.54) is 18.2 Å². The minimum atomic E-state index is -3.16. The van der Waals surface area contributed by atoms with Crippen LogP contribution in [0.25, 0.3) is 5.00 Å². The van der Waals surface area contributed by atoms with Crippen LogP contribution >= 0.6 is 22.9 Å². The number of amides is 2. The third-order valence-electron chi connectivity index (χ3n) is 10.3. The Labute approximate surface area is 319 Å². The molecule has 4 heterocycles. The van der Waals surface area contributed by atoms with Crippen molar-refractivity contribution in [2.24, 2.45) is 4.99 Å². The Morgan fingerprint density at radius 1 is 1.04 bits per heavy atom. The second-order valence-electron chi connectivity index (χ2n) is 14.1. The van der Waals surface area contributed by atoms with Crippen molar-refractivity contribution in [3.63, 3.8) is 0 Å². The van der Waals surface area contributed by atoms with Crippen LogP contribution in [0, 0.1) is 20.8 Å². The molecule has 4 aromatic rings. The monoisotopic (exact) mass is 773 g/mol. The first-order valence-electron chi connectivity index (χ1n) is 17.8. The van der Waals surface area contributed by atoms with Crippen LogP contribution in [0.1, 0.15) is 111 Å². The first-order chi connectivity index (χ1) is 25.7. The lowest BCUT2D eigenvalue weighted by Crippen LogP contribution is -2.46. The van der Waals surface area contributed by atoms with Gasteiger partial charge in [0, 0.05) is 53.1 Å². The summed E-state index contributed by atoms with van der Waals surface area (Å²) in [6.45, 7) is 9.33. The van der Waals surface area contributed by atoms with E-state index in [0.717, 1.165) is 37.0 Å². The van der Waals surface area contributed by atoms with Gasteiger partial charge >= 0.3 is 0 Å². The number of carbonyl (C=O) groups excluding carboxylic acids is 4. The molecule has 1 fully saturated rings. The molecule has 10 nitrogen and oxygen atoms in total. The van der Waals surface area contributed by atoms with Gasteiger partial charge in [0.15, 0.2) is 11.6 Å². The molecule has 3 aliphatic rings. The van der Waals surface area contributed by atoms with Crippen LogP contribution in [-0.2, 0) is 9.59 Å². The topological polar surface area (TPSA) is 124 Å². The van der Waals surface area contributed by atoms with Gasteiger partial charge in [0.2, 0.25) is 0 Å². The molecule has 0 saturated heterocycles. The summed E-state index contributed by atoms with van der Waals surface area (Å²) in [5.74, 6) is -3.75. The first kappa shape index (κ1) is 37.4. The number of ketones is 2. The summed E-state index contributed by atoms with van der Waals surface area (Å²) in [4.78, 5) is 59.8. The van der Waals surface area contributed by atoms with Crippen molar-refractivity contribution in [3.8, 4) is 10.8 Å². The normalized spacial score (nSPS) is 18.3. The van der Waals surface area contributed by atoms with Crippen molar-refractivity contribution in [2.75, 3.05) is 6.61 Å². The van der Waals surface area contributed by atoms with Gasteiger partial charge in [-0.25, -0.2) is 8.78 Å². The van der Waals surface area contributed by atoms with Gasteiger partial charge in [-0.3, -0.25) is 33.6 Å². The number of allylic oxidation sites excluding steroid dienone is 1. The van der Waals surface area contributed by atoms with Crippen LogP contribution in [0.15, 0.2) is 59.6 Å². The number of hydrogen-bond acceptors (Lipinski definition) is 9. The fourth-order valence-electron chi connectivity index (χ4n) is 7.33. The molecule has 0 spiro atoms. The molecular formula is C40H38ClF2N5O5S. The average molecular weight is 774 g/mol. The Balaban J connectivity index is 0.987. The smallest absolute Gasteiger partial charge is 0.266 e. The molecule has 54 heavy (non-hydrogen) atoms. The van der Waals surface area contributed by atoms with Crippen molar-refractivity contribution in [2.45, 2.75) is 90.1 Å². The number of alkyl halides is 2. The van der Waals surface area contributed by atoms with E-state index >= 15 is 8.78 Å². The summed E-state index contributed by atoms with van der Waals surface area (Å²) in [5.41, 5.74) is 4.32. The molecule has 2 atom stereocenters. The lowest BCUT2D eigenvalue weighted by molar-refractivity contribution is -0.123. The van der Waals surface area contributed by atoms with E-state index in [9.17, 15) is 19.2 Å². The van der Waals surface area contributed by atoms with Crippen molar-refractivity contribution >= 4 is 52.0 Å². The molecule has 1 unspecified atom stereocenters. The third-order valence-corrected chi connectivity index (χ3v) is 11.7. The number of hydrogen-bond donors (Lipinski definition) is 0. The minimum Gasteiger partial charge on any atom is -0.492 e. The van der Waals surface area contributed by atoms with E-state index in [2.05, 4.69) is 16.8 Å². The Bertz CT molecular complexity index is 2240. The maximum absolute atomic E-state index is 15.1. The quantitative estimate of drug-likeness (QED) is 0.105. The molecule has 14 heteroatoms. The summed E-state index contributed by atoms with van der Waals surface area (Å²) in [6, 6.07) is 10.2. The zero-order valence-electron chi connectivity index (χ0n) is 30.1. The van der Waals surface area contributed by atoms with E-state index in [0.29, 0.717) is 35.2 Å². The van der Waals surface area contributed by atoms with Crippen LogP contribution in [-0.4, -0.2) is 67.3 Å². The largest absolute Gasteiger partial charge is 0.492 e. The van der Waals surface area contributed by atoms with Gasteiger partial charge in [0.1, 0.15) is 28.4 Å². The number of nitrogens with zero attached hydrogens (tertiary/aromatic N) is 5. The van der Waals surface area contributed by atoms with Gasteiger partial charge in [0.05, 0.1) is 29.5 Å². The molecular weight excluding hydrogens is 736 g/mol. The van der Waals surface area contributed by atoms with Crippen LogP contribution in [0.5, 0.6) is 5.75 Å². The number of thiophene rings is 1. The number of aryl methyl sites for hydroxylation is 2. The molecule has 0 radical (unpaired) electrons. The van der Waals surface area contributed by atoms with Crippen molar-refractivity contribution in [1.29, 1.82) is 0 Å². The molecule has 2 aromatic carbocycles. The summed E-state index contributed by atoms with van der Waals surface area (Å²) < 4.78 is 37.8.